The molecule has 2 aliphatic rings. The van der Waals surface area contributed by atoms with Crippen molar-refractivity contribution >= 4 is 23.6 Å². The standard InChI is InChI=1S/C7H8N2O3S/c8-4-5(10)9-3(7(11)12)1-2-13-6(4)9/h1,4,6H,2,8H2,(H,11,12)/t4-,6+/m0/s1. The summed E-state index contributed by atoms with van der Waals surface area (Å²) >= 11 is 1.49. The fourth-order valence-corrected chi connectivity index (χ4v) is 2.58. The van der Waals surface area contributed by atoms with E-state index in [9.17, 15) is 9.59 Å². The van der Waals surface area contributed by atoms with Crippen LogP contribution in [-0.4, -0.2) is 39.1 Å². The zero-order valence-corrected chi connectivity index (χ0v) is 7.45. The Morgan fingerprint density at radius 3 is 3.08 bits per heavy atom. The lowest BCUT2D eigenvalue weighted by molar-refractivity contribution is -0.147. The van der Waals surface area contributed by atoms with Crippen LogP contribution >= 0.6 is 11.8 Å². The SMILES string of the molecule is N[C@H]1C(=O)N2C(C(=O)O)=CCS[C@H]12. The molecule has 0 bridgehead atoms. The summed E-state index contributed by atoms with van der Waals surface area (Å²) in [5, 5.41) is 8.57. The third-order valence-corrected chi connectivity index (χ3v) is 3.31. The van der Waals surface area contributed by atoms with E-state index in [2.05, 4.69) is 0 Å². The smallest absolute Gasteiger partial charge is 0.352 e. The lowest BCUT2D eigenvalue weighted by atomic mass is 10.1. The number of carbonyl (C=O) groups is 2. The van der Waals surface area contributed by atoms with Crippen molar-refractivity contribution < 1.29 is 14.7 Å². The number of carboxylic acids is 1. The molecule has 0 aromatic rings. The normalized spacial score (nSPS) is 31.9. The van der Waals surface area contributed by atoms with Gasteiger partial charge >= 0.3 is 5.97 Å². The van der Waals surface area contributed by atoms with Gasteiger partial charge < -0.3 is 10.8 Å². The summed E-state index contributed by atoms with van der Waals surface area (Å²) in [6, 6.07) is -0.534. The maximum absolute atomic E-state index is 11.2. The van der Waals surface area contributed by atoms with Gasteiger partial charge in [0.25, 0.3) is 0 Å². The van der Waals surface area contributed by atoms with Crippen molar-refractivity contribution in [3.63, 3.8) is 0 Å². The van der Waals surface area contributed by atoms with Crippen molar-refractivity contribution in [1.29, 1.82) is 0 Å². The first-order chi connectivity index (χ1) is 6.13. The van der Waals surface area contributed by atoms with Crippen LogP contribution in [0.25, 0.3) is 0 Å². The molecule has 2 aliphatic heterocycles. The molecule has 1 amide bonds. The fourth-order valence-electron chi connectivity index (χ4n) is 1.43. The molecule has 0 aromatic carbocycles. The minimum Gasteiger partial charge on any atom is -0.477 e. The average molecular weight is 200 g/mol. The molecule has 13 heavy (non-hydrogen) atoms. The van der Waals surface area contributed by atoms with E-state index in [-0.39, 0.29) is 17.0 Å². The number of carbonyl (C=O) groups excluding carboxylic acids is 1. The summed E-state index contributed by atoms with van der Waals surface area (Å²) in [6.07, 6.45) is 1.54. The largest absolute Gasteiger partial charge is 0.477 e. The van der Waals surface area contributed by atoms with Gasteiger partial charge in [-0.05, 0) is 6.08 Å². The van der Waals surface area contributed by atoms with E-state index in [1.807, 2.05) is 0 Å². The van der Waals surface area contributed by atoms with Gasteiger partial charge in [0.15, 0.2) is 0 Å². The number of aliphatic carboxylic acids is 1. The summed E-state index contributed by atoms with van der Waals surface area (Å²) in [5.74, 6) is -0.763. The first kappa shape index (κ1) is 8.58. The highest BCUT2D eigenvalue weighted by Gasteiger charge is 2.49. The number of fused-ring (bicyclic) bond motifs is 1. The van der Waals surface area contributed by atoms with Crippen LogP contribution in [0, 0.1) is 0 Å². The van der Waals surface area contributed by atoms with E-state index < -0.39 is 12.0 Å². The second-order valence-corrected chi connectivity index (χ2v) is 4.00. The van der Waals surface area contributed by atoms with Gasteiger partial charge in [-0.15, -0.1) is 11.8 Å². The molecule has 0 radical (unpaired) electrons. The van der Waals surface area contributed by atoms with E-state index in [0.29, 0.717) is 5.75 Å². The zero-order valence-electron chi connectivity index (χ0n) is 6.64. The Kier molecular flexibility index (Phi) is 1.81. The third-order valence-electron chi connectivity index (χ3n) is 2.11. The van der Waals surface area contributed by atoms with Crippen molar-refractivity contribution in [2.45, 2.75) is 11.4 Å². The van der Waals surface area contributed by atoms with Crippen molar-refractivity contribution in [2.24, 2.45) is 5.73 Å². The number of carboxylic acid groups (broad SMARTS) is 1. The Bertz CT molecular complexity index is 315. The zero-order chi connectivity index (χ0) is 9.59. The Morgan fingerprint density at radius 1 is 1.77 bits per heavy atom. The van der Waals surface area contributed by atoms with Crippen LogP contribution < -0.4 is 5.73 Å². The lowest BCUT2D eigenvalue weighted by Crippen LogP contribution is -2.68. The highest BCUT2D eigenvalue weighted by Crippen LogP contribution is 2.36. The minimum atomic E-state index is -1.06. The monoisotopic (exact) mass is 200 g/mol. The topological polar surface area (TPSA) is 83.6 Å². The Labute approximate surface area is 78.6 Å². The maximum atomic E-state index is 11.2. The molecule has 0 aliphatic carbocycles. The Balaban J connectivity index is 2.27. The van der Waals surface area contributed by atoms with Gasteiger partial charge in [0.05, 0.1) is 0 Å². The summed E-state index contributed by atoms with van der Waals surface area (Å²) in [6.45, 7) is 0. The minimum absolute atomic E-state index is 0.0652. The van der Waals surface area contributed by atoms with Crippen molar-refractivity contribution in [3.8, 4) is 0 Å². The number of nitrogens with two attached hydrogens (primary N) is 1. The molecular formula is C7H8N2O3S. The molecule has 0 aromatic heterocycles. The second-order valence-electron chi connectivity index (χ2n) is 2.85. The molecule has 70 valence electrons. The molecule has 1 fully saturated rings. The fraction of sp³-hybridized carbons (Fsp3) is 0.429. The predicted molar refractivity (Wildman–Crippen MR) is 46.8 cm³/mol. The quantitative estimate of drug-likeness (QED) is 0.541. The van der Waals surface area contributed by atoms with Gasteiger partial charge in [0.1, 0.15) is 17.1 Å². The van der Waals surface area contributed by atoms with Crippen LogP contribution in [0.2, 0.25) is 0 Å². The molecule has 2 rings (SSSR count). The van der Waals surface area contributed by atoms with Gasteiger partial charge in [-0.2, -0.15) is 0 Å². The van der Waals surface area contributed by atoms with Crippen LogP contribution in [0.1, 0.15) is 0 Å². The summed E-state index contributed by atoms with van der Waals surface area (Å²) in [5.41, 5.74) is 5.57. The van der Waals surface area contributed by atoms with Crippen LogP contribution in [-0.2, 0) is 9.59 Å². The van der Waals surface area contributed by atoms with E-state index in [0.717, 1.165) is 0 Å². The molecule has 6 heteroatoms. The number of β-lactam (4-membered cyclic amide) rings is 1. The van der Waals surface area contributed by atoms with Crippen LogP contribution in [0.5, 0.6) is 0 Å². The van der Waals surface area contributed by atoms with E-state index >= 15 is 0 Å². The Morgan fingerprint density at radius 2 is 2.46 bits per heavy atom. The molecule has 0 unspecified atom stereocenters. The molecule has 0 spiro atoms. The first-order valence-electron chi connectivity index (χ1n) is 3.76. The van der Waals surface area contributed by atoms with E-state index in [1.54, 1.807) is 0 Å². The molecule has 3 N–H and O–H groups in total. The highest BCUT2D eigenvalue weighted by molar-refractivity contribution is 8.00. The number of hydrogen-bond acceptors (Lipinski definition) is 4. The van der Waals surface area contributed by atoms with Gasteiger partial charge in [-0.3, -0.25) is 9.69 Å². The number of nitrogens with zero attached hydrogens (tertiary/aromatic N) is 1. The molecule has 2 heterocycles. The third kappa shape index (κ3) is 1.06. The predicted octanol–water partition coefficient (Wildman–Crippen LogP) is -0.803. The van der Waals surface area contributed by atoms with Crippen LogP contribution in [0.15, 0.2) is 11.8 Å². The van der Waals surface area contributed by atoms with Gasteiger partial charge in [-0.1, -0.05) is 0 Å². The van der Waals surface area contributed by atoms with Gasteiger partial charge in [-0.25, -0.2) is 4.79 Å². The number of rotatable bonds is 1. The highest BCUT2D eigenvalue weighted by atomic mass is 32.2. The van der Waals surface area contributed by atoms with Crippen molar-refractivity contribution in [1.82, 2.24) is 4.90 Å². The van der Waals surface area contributed by atoms with Gasteiger partial charge in [0.2, 0.25) is 5.91 Å². The summed E-state index contributed by atoms with van der Waals surface area (Å²) in [4.78, 5) is 23.1. The van der Waals surface area contributed by atoms with E-state index in [1.165, 1.54) is 22.7 Å². The van der Waals surface area contributed by atoms with Crippen molar-refractivity contribution in [3.05, 3.63) is 11.8 Å². The maximum Gasteiger partial charge on any atom is 0.352 e. The van der Waals surface area contributed by atoms with Crippen LogP contribution in [0.4, 0.5) is 0 Å². The molecular weight excluding hydrogens is 192 g/mol. The van der Waals surface area contributed by atoms with Crippen LogP contribution in [0.3, 0.4) is 0 Å². The number of hydrogen-bond donors (Lipinski definition) is 2. The van der Waals surface area contributed by atoms with Gasteiger partial charge in [0, 0.05) is 5.75 Å². The first-order valence-corrected chi connectivity index (χ1v) is 4.81. The molecule has 0 saturated carbocycles. The summed E-state index contributed by atoms with van der Waals surface area (Å²) in [7, 11) is 0. The number of thioether (sulfide) groups is 1. The average Bonchev–Trinajstić information content (AvgIpc) is 2.15. The Hall–Kier alpha value is -1.01. The van der Waals surface area contributed by atoms with Crippen molar-refractivity contribution in [2.75, 3.05) is 5.75 Å². The second kappa shape index (κ2) is 2.74. The molecule has 1 saturated heterocycles. The summed E-state index contributed by atoms with van der Waals surface area (Å²) < 4.78 is 0. The van der Waals surface area contributed by atoms with E-state index in [4.69, 9.17) is 10.8 Å². The molecule has 5 nitrogen and oxygen atoms in total. The number of amides is 1. The molecule has 2 atom stereocenters. The lowest BCUT2D eigenvalue weighted by Gasteiger charge is -2.46.